The van der Waals surface area contributed by atoms with Crippen LogP contribution in [-0.4, -0.2) is 71.0 Å². The zero-order valence-electron chi connectivity index (χ0n) is 19.5. The van der Waals surface area contributed by atoms with Gasteiger partial charge in [0.25, 0.3) is 0 Å². The van der Waals surface area contributed by atoms with Crippen molar-refractivity contribution in [2.45, 2.75) is 84.2 Å². The molecule has 0 aromatic rings. The van der Waals surface area contributed by atoms with Crippen LogP contribution in [0.25, 0.3) is 0 Å². The Balaban J connectivity index is 1.75. The molecular weight excluding hydrogens is 394 g/mol. The Hall–Kier alpha value is -1.63. The third-order valence-electron chi connectivity index (χ3n) is 7.52. The van der Waals surface area contributed by atoms with Crippen LogP contribution in [0.5, 0.6) is 0 Å². The molecule has 3 heterocycles. The van der Waals surface area contributed by atoms with Gasteiger partial charge in [0.1, 0.15) is 0 Å². The van der Waals surface area contributed by atoms with E-state index in [0.29, 0.717) is 44.3 Å². The van der Waals surface area contributed by atoms with Gasteiger partial charge in [-0.2, -0.15) is 0 Å². The van der Waals surface area contributed by atoms with Gasteiger partial charge in [-0.1, -0.05) is 20.8 Å². The SMILES string of the molecule is CC(C)[C@@H]1CC[C@@H](C)CC(=O)N2C[C@H]3C[C@@H](CN(C(=O)CCO)C3)[C@@H]2CCCC(=O)N1. The quantitative estimate of drug-likeness (QED) is 0.711. The Morgan fingerprint density at radius 2 is 1.94 bits per heavy atom. The van der Waals surface area contributed by atoms with Crippen molar-refractivity contribution in [3.63, 3.8) is 0 Å². The third kappa shape index (κ3) is 6.21. The first-order chi connectivity index (χ1) is 14.8. The van der Waals surface area contributed by atoms with Crippen molar-refractivity contribution in [3.8, 4) is 0 Å². The molecule has 2 N–H and O–H groups in total. The molecule has 7 heteroatoms. The highest BCUT2D eigenvalue weighted by Crippen LogP contribution is 2.36. The number of aliphatic hydroxyl groups excluding tert-OH is 1. The lowest BCUT2D eigenvalue weighted by Gasteiger charge is -2.51. The summed E-state index contributed by atoms with van der Waals surface area (Å²) in [4.78, 5) is 42.3. The number of carbonyl (C=O) groups is 3. The smallest absolute Gasteiger partial charge is 0.224 e. The maximum Gasteiger partial charge on any atom is 0.224 e. The Morgan fingerprint density at radius 3 is 2.65 bits per heavy atom. The van der Waals surface area contributed by atoms with Crippen LogP contribution in [0.2, 0.25) is 0 Å². The standard InChI is InChI=1S/C24H41N3O4/c1-16(2)20-8-7-17(3)11-24(31)27-14-18-12-19(15-26(13-18)23(30)9-10-28)21(27)5-4-6-22(29)25-20/h16-21,28H,4-15H2,1-3H3,(H,25,29)/t17-,18+,19+,20+,21+/m1/s1. The molecule has 0 aliphatic carbocycles. The molecule has 2 bridgehead atoms. The first-order valence-corrected chi connectivity index (χ1v) is 12.3. The number of nitrogens with zero attached hydrogens (tertiary/aromatic N) is 2. The first-order valence-electron chi connectivity index (χ1n) is 12.3. The van der Waals surface area contributed by atoms with E-state index in [4.69, 9.17) is 5.11 Å². The number of fused-ring (bicyclic) bond motifs is 4. The van der Waals surface area contributed by atoms with Gasteiger partial charge in [-0.25, -0.2) is 0 Å². The van der Waals surface area contributed by atoms with E-state index >= 15 is 0 Å². The van der Waals surface area contributed by atoms with Gasteiger partial charge in [-0.3, -0.25) is 14.4 Å². The molecule has 3 aliphatic heterocycles. The average molecular weight is 436 g/mol. The molecule has 0 aromatic heterocycles. The summed E-state index contributed by atoms with van der Waals surface area (Å²) in [5.41, 5.74) is 0. The van der Waals surface area contributed by atoms with Gasteiger partial charge < -0.3 is 20.2 Å². The number of carbonyl (C=O) groups excluding carboxylic acids is 3. The van der Waals surface area contributed by atoms with Crippen molar-refractivity contribution in [2.75, 3.05) is 26.2 Å². The van der Waals surface area contributed by atoms with Gasteiger partial charge in [0, 0.05) is 51.0 Å². The number of nitrogens with one attached hydrogen (secondary N) is 1. The Kier molecular flexibility index (Phi) is 8.36. The van der Waals surface area contributed by atoms with E-state index in [-0.39, 0.29) is 54.7 Å². The fraction of sp³-hybridized carbons (Fsp3) is 0.875. The molecular formula is C24H41N3O4. The minimum Gasteiger partial charge on any atom is -0.396 e. The van der Waals surface area contributed by atoms with Crippen LogP contribution in [0.3, 0.4) is 0 Å². The van der Waals surface area contributed by atoms with E-state index in [1.807, 2.05) is 4.90 Å². The molecule has 0 saturated carbocycles. The second kappa shape index (κ2) is 10.8. The predicted molar refractivity (Wildman–Crippen MR) is 119 cm³/mol. The molecule has 31 heavy (non-hydrogen) atoms. The van der Waals surface area contributed by atoms with E-state index in [1.54, 1.807) is 0 Å². The Labute approximate surface area is 186 Å². The average Bonchev–Trinajstić information content (AvgIpc) is 2.72. The zero-order chi connectivity index (χ0) is 22.5. The molecule has 0 radical (unpaired) electrons. The third-order valence-corrected chi connectivity index (χ3v) is 7.52. The molecule has 5 atom stereocenters. The highest BCUT2D eigenvalue weighted by molar-refractivity contribution is 5.78. The van der Waals surface area contributed by atoms with Gasteiger partial charge in [-0.05, 0) is 55.8 Å². The molecule has 3 saturated heterocycles. The molecule has 3 fully saturated rings. The van der Waals surface area contributed by atoms with Crippen LogP contribution < -0.4 is 5.32 Å². The van der Waals surface area contributed by atoms with Crippen molar-refractivity contribution >= 4 is 17.7 Å². The number of aliphatic hydroxyl groups is 1. The Morgan fingerprint density at radius 1 is 1.16 bits per heavy atom. The molecule has 0 unspecified atom stereocenters. The summed E-state index contributed by atoms with van der Waals surface area (Å²) in [6.45, 7) is 8.35. The van der Waals surface area contributed by atoms with Crippen molar-refractivity contribution in [3.05, 3.63) is 0 Å². The summed E-state index contributed by atoms with van der Waals surface area (Å²) in [7, 11) is 0. The van der Waals surface area contributed by atoms with Crippen LogP contribution in [0.15, 0.2) is 0 Å². The maximum absolute atomic E-state index is 13.3. The molecule has 0 spiro atoms. The van der Waals surface area contributed by atoms with Crippen LogP contribution in [0.1, 0.15) is 72.1 Å². The number of rotatable bonds is 3. The first kappa shape index (κ1) is 24.0. The van der Waals surface area contributed by atoms with Crippen molar-refractivity contribution < 1.29 is 19.5 Å². The summed E-state index contributed by atoms with van der Waals surface area (Å²) in [6.07, 6.45) is 5.66. The summed E-state index contributed by atoms with van der Waals surface area (Å²) in [5.74, 6) is 1.59. The van der Waals surface area contributed by atoms with Gasteiger partial charge in [-0.15, -0.1) is 0 Å². The molecule has 176 valence electrons. The molecule has 7 nitrogen and oxygen atoms in total. The molecule has 3 amide bonds. The predicted octanol–water partition coefficient (Wildman–Crippen LogP) is 2.18. The minimum atomic E-state index is -0.122. The van der Waals surface area contributed by atoms with Crippen LogP contribution in [0, 0.1) is 23.7 Å². The van der Waals surface area contributed by atoms with E-state index in [0.717, 1.165) is 32.1 Å². The minimum absolute atomic E-state index is 0.00865. The van der Waals surface area contributed by atoms with Crippen LogP contribution in [0.4, 0.5) is 0 Å². The summed E-state index contributed by atoms with van der Waals surface area (Å²) in [6, 6.07) is 0.258. The van der Waals surface area contributed by atoms with Crippen molar-refractivity contribution in [1.82, 2.24) is 15.1 Å². The Bertz CT molecular complexity index is 653. The lowest BCUT2D eigenvalue weighted by Crippen LogP contribution is -2.60. The number of hydrogen-bond acceptors (Lipinski definition) is 4. The van der Waals surface area contributed by atoms with E-state index in [2.05, 4.69) is 31.0 Å². The number of amides is 3. The second-order valence-corrected chi connectivity index (χ2v) is 10.4. The van der Waals surface area contributed by atoms with Crippen LogP contribution in [-0.2, 0) is 14.4 Å². The highest BCUT2D eigenvalue weighted by atomic mass is 16.3. The summed E-state index contributed by atoms with van der Waals surface area (Å²) < 4.78 is 0. The topological polar surface area (TPSA) is 90.0 Å². The van der Waals surface area contributed by atoms with E-state index < -0.39 is 0 Å². The zero-order valence-corrected chi connectivity index (χ0v) is 19.5. The van der Waals surface area contributed by atoms with Gasteiger partial charge in [0.2, 0.25) is 17.7 Å². The van der Waals surface area contributed by atoms with Gasteiger partial charge in [0.15, 0.2) is 0 Å². The second-order valence-electron chi connectivity index (χ2n) is 10.4. The number of piperidine rings is 2. The summed E-state index contributed by atoms with van der Waals surface area (Å²) >= 11 is 0. The fourth-order valence-corrected chi connectivity index (χ4v) is 5.77. The van der Waals surface area contributed by atoms with Gasteiger partial charge >= 0.3 is 0 Å². The largest absolute Gasteiger partial charge is 0.396 e. The number of likely N-dealkylation sites (tertiary alicyclic amines) is 1. The highest BCUT2D eigenvalue weighted by Gasteiger charge is 2.43. The molecule has 3 rings (SSSR count). The lowest BCUT2D eigenvalue weighted by molar-refractivity contribution is -0.146. The fourth-order valence-electron chi connectivity index (χ4n) is 5.77. The lowest BCUT2D eigenvalue weighted by atomic mass is 9.77. The monoisotopic (exact) mass is 435 g/mol. The van der Waals surface area contributed by atoms with E-state index in [1.165, 1.54) is 0 Å². The maximum atomic E-state index is 13.3. The van der Waals surface area contributed by atoms with Gasteiger partial charge in [0.05, 0.1) is 6.61 Å². The van der Waals surface area contributed by atoms with Crippen molar-refractivity contribution in [1.29, 1.82) is 0 Å². The van der Waals surface area contributed by atoms with Crippen LogP contribution >= 0.6 is 0 Å². The molecule has 0 aromatic carbocycles. The van der Waals surface area contributed by atoms with E-state index in [9.17, 15) is 14.4 Å². The molecule has 3 aliphatic rings. The summed E-state index contributed by atoms with van der Waals surface area (Å²) in [5, 5.41) is 12.4. The number of hydrogen-bond donors (Lipinski definition) is 2. The van der Waals surface area contributed by atoms with Crippen molar-refractivity contribution in [2.24, 2.45) is 23.7 Å². The normalized spacial score (nSPS) is 33.1.